The summed E-state index contributed by atoms with van der Waals surface area (Å²) in [6, 6.07) is 10.8. The van der Waals surface area contributed by atoms with Gasteiger partial charge in [-0.15, -0.1) is 0 Å². The van der Waals surface area contributed by atoms with E-state index in [4.69, 9.17) is 11.6 Å². The maximum absolute atomic E-state index is 15.6. The lowest BCUT2D eigenvalue weighted by atomic mass is 9.72. The van der Waals surface area contributed by atoms with E-state index in [-0.39, 0.29) is 47.4 Å². The maximum atomic E-state index is 15.6. The Morgan fingerprint density at radius 3 is 2.32 bits per heavy atom. The molecule has 1 unspecified atom stereocenters. The van der Waals surface area contributed by atoms with E-state index in [0.29, 0.717) is 11.3 Å². The van der Waals surface area contributed by atoms with Crippen molar-refractivity contribution in [2.75, 3.05) is 24.5 Å². The van der Waals surface area contributed by atoms with Crippen molar-refractivity contribution >= 4 is 44.7 Å². The number of carboxylic acid groups (broad SMARTS) is 1. The zero-order valence-corrected chi connectivity index (χ0v) is 29.4. The van der Waals surface area contributed by atoms with Gasteiger partial charge in [-0.3, -0.25) is 0 Å². The number of aromatic nitrogens is 3. The highest BCUT2D eigenvalue weighted by Gasteiger charge is 2.50. The number of rotatable bonds is 6. The monoisotopic (exact) mass is 739 g/mol. The van der Waals surface area contributed by atoms with E-state index >= 15 is 4.39 Å². The zero-order chi connectivity index (χ0) is 37.1. The first-order valence-electron chi connectivity index (χ1n) is 15.4. The van der Waals surface area contributed by atoms with Gasteiger partial charge in [0.15, 0.2) is 11.4 Å². The van der Waals surface area contributed by atoms with Crippen molar-refractivity contribution in [3.63, 3.8) is 0 Å². The van der Waals surface area contributed by atoms with Gasteiger partial charge in [-0.1, -0.05) is 70.5 Å². The highest BCUT2D eigenvalue weighted by Crippen LogP contribution is 2.44. The maximum Gasteiger partial charge on any atom is 0.534 e. The van der Waals surface area contributed by atoms with Crippen LogP contribution in [0.5, 0.6) is 5.75 Å². The summed E-state index contributed by atoms with van der Waals surface area (Å²) in [5, 5.41) is 9.70. The molecule has 2 aromatic carbocycles. The smallest absolute Gasteiger partial charge is 0.465 e. The van der Waals surface area contributed by atoms with Crippen LogP contribution < -0.4 is 14.8 Å². The van der Waals surface area contributed by atoms with Gasteiger partial charge >= 0.3 is 27.4 Å². The summed E-state index contributed by atoms with van der Waals surface area (Å²) >= 11 is 6.72. The number of benzene rings is 2. The Morgan fingerprint density at radius 1 is 1.06 bits per heavy atom. The highest BCUT2D eigenvalue weighted by atomic mass is 35.5. The molecule has 268 valence electrons. The molecule has 1 aliphatic heterocycles. The quantitative estimate of drug-likeness (QED) is 0.124. The fourth-order valence-corrected chi connectivity index (χ4v) is 6.72. The van der Waals surface area contributed by atoms with Gasteiger partial charge in [0.2, 0.25) is 0 Å². The molecule has 0 aliphatic carbocycles. The lowest BCUT2D eigenvalue weighted by molar-refractivity contribution is -0.0500. The number of amides is 1. The number of carbonyl (C=O) groups is 1. The molecule has 1 saturated heterocycles. The topological polar surface area (TPSA) is 135 Å². The number of para-hydroxylation sites is 1. The molecule has 0 spiro atoms. The molecule has 1 atom stereocenters. The molecular weight excluding hydrogens is 706 g/mol. The number of hydrogen-bond acceptors (Lipinski definition) is 8. The highest BCUT2D eigenvalue weighted by molar-refractivity contribution is 7.88. The molecular formula is C33H34ClF4N5O6S. The van der Waals surface area contributed by atoms with Crippen LogP contribution in [0.2, 0.25) is 5.02 Å². The van der Waals surface area contributed by atoms with Gasteiger partial charge in [-0.2, -0.15) is 26.6 Å². The third kappa shape index (κ3) is 6.34. The van der Waals surface area contributed by atoms with Crippen molar-refractivity contribution in [2.45, 2.75) is 58.5 Å². The van der Waals surface area contributed by atoms with Crippen molar-refractivity contribution in [3.8, 4) is 22.7 Å². The van der Waals surface area contributed by atoms with Crippen LogP contribution in [0.3, 0.4) is 0 Å². The Kier molecular flexibility index (Phi) is 9.36. The van der Waals surface area contributed by atoms with Crippen molar-refractivity contribution in [1.29, 1.82) is 0 Å². The number of fused-ring (bicyclic) bond motifs is 1. The molecule has 11 nitrogen and oxygen atoms in total. The van der Waals surface area contributed by atoms with Gasteiger partial charge < -0.3 is 19.1 Å². The van der Waals surface area contributed by atoms with Gasteiger partial charge in [0.1, 0.15) is 11.6 Å². The first-order chi connectivity index (χ1) is 23.1. The Hall–Kier alpha value is -4.44. The molecule has 4 aromatic rings. The minimum Gasteiger partial charge on any atom is -0.465 e. The molecule has 1 amide bonds. The van der Waals surface area contributed by atoms with Crippen molar-refractivity contribution in [2.24, 2.45) is 5.41 Å². The lowest BCUT2D eigenvalue weighted by Crippen LogP contribution is -2.67. The number of hydrogen-bond donors (Lipinski definition) is 1. The third-order valence-corrected chi connectivity index (χ3v) is 10.4. The zero-order valence-electron chi connectivity index (χ0n) is 27.8. The molecule has 50 heavy (non-hydrogen) atoms. The number of anilines is 1. The van der Waals surface area contributed by atoms with E-state index in [1.165, 1.54) is 15.5 Å². The molecule has 0 radical (unpaired) electrons. The number of halogens is 5. The molecule has 0 saturated carbocycles. The minimum atomic E-state index is -6.24. The van der Waals surface area contributed by atoms with Crippen LogP contribution in [0.25, 0.3) is 28.0 Å². The fraction of sp³-hybridized carbons (Fsp3) is 0.394. The van der Waals surface area contributed by atoms with E-state index in [1.54, 1.807) is 29.2 Å². The van der Waals surface area contributed by atoms with E-state index in [2.05, 4.69) is 14.2 Å². The van der Waals surface area contributed by atoms with E-state index in [1.807, 2.05) is 41.5 Å². The Morgan fingerprint density at radius 2 is 1.72 bits per heavy atom. The van der Waals surface area contributed by atoms with Gasteiger partial charge in [0, 0.05) is 19.6 Å². The van der Waals surface area contributed by atoms with Crippen LogP contribution in [0.4, 0.5) is 28.2 Å². The summed E-state index contributed by atoms with van der Waals surface area (Å²) in [6.45, 7) is 11.6. The fourth-order valence-electron chi connectivity index (χ4n) is 6.00. The Bertz CT molecular complexity index is 2170. The minimum absolute atomic E-state index is 0.0388. The second kappa shape index (κ2) is 12.7. The summed E-state index contributed by atoms with van der Waals surface area (Å²) in [4.78, 5) is 38.4. The van der Waals surface area contributed by atoms with Gasteiger partial charge in [0.25, 0.3) is 0 Å². The second-order valence-electron chi connectivity index (χ2n) is 13.4. The first-order valence-corrected chi connectivity index (χ1v) is 17.2. The number of nitrogens with zero attached hydrogens (tertiary/aromatic N) is 5. The number of alkyl halides is 3. The number of pyridine rings is 1. The predicted octanol–water partition coefficient (Wildman–Crippen LogP) is 7.20. The van der Waals surface area contributed by atoms with Crippen LogP contribution in [0.15, 0.2) is 53.3 Å². The van der Waals surface area contributed by atoms with Crippen molar-refractivity contribution < 1.29 is 40.1 Å². The molecule has 0 bridgehead atoms. The summed E-state index contributed by atoms with van der Waals surface area (Å²) in [6.07, 6.45) is -1.12. The summed E-state index contributed by atoms with van der Waals surface area (Å²) < 4.78 is 85.1. The normalized spacial score (nSPS) is 17.4. The molecule has 3 heterocycles. The standard InChI is InChI=1S/C33H34ClF4N5O6S/c1-18(2)19-10-7-8-12-23(19)43-28-20(27(40-29(43)44)42-15-14-41(30(45)46)17-32(42,6)31(3,4)5)16-21(34)26(39-28)25-22(35)11-9-13-24(25)49-50(47,48)33(36,37)38/h7-13,16,18H,14-15,17H2,1-6H3,(H,45,46). The molecule has 1 fully saturated rings. The number of piperazine rings is 1. The lowest BCUT2D eigenvalue weighted by Gasteiger charge is -2.55. The van der Waals surface area contributed by atoms with Crippen LogP contribution in [-0.4, -0.2) is 69.7 Å². The van der Waals surface area contributed by atoms with Crippen molar-refractivity contribution in [1.82, 2.24) is 19.4 Å². The molecule has 17 heteroatoms. The SMILES string of the molecule is CC(C)c1ccccc1-n1c(=O)nc(N2CCN(C(=O)O)CC2(C)C(C)(C)C)c2cc(Cl)c(-c3c(F)cccc3OS(=O)(=O)C(F)(F)F)nc21. The van der Waals surface area contributed by atoms with Crippen LogP contribution in [0.1, 0.15) is 53.0 Å². The van der Waals surface area contributed by atoms with Gasteiger partial charge in [-0.25, -0.2) is 23.5 Å². The molecule has 1 aliphatic rings. The molecule has 5 rings (SSSR count). The molecule has 2 aromatic heterocycles. The van der Waals surface area contributed by atoms with Crippen molar-refractivity contribution in [3.05, 3.63) is 75.4 Å². The van der Waals surface area contributed by atoms with E-state index in [9.17, 15) is 36.3 Å². The van der Waals surface area contributed by atoms with Crippen LogP contribution in [0, 0.1) is 11.2 Å². The van der Waals surface area contributed by atoms with E-state index in [0.717, 1.165) is 18.2 Å². The largest absolute Gasteiger partial charge is 0.534 e. The first kappa shape index (κ1) is 36.8. The third-order valence-electron chi connectivity index (χ3n) is 9.13. The second-order valence-corrected chi connectivity index (χ2v) is 15.4. The van der Waals surface area contributed by atoms with Crippen LogP contribution in [-0.2, 0) is 10.1 Å². The predicted molar refractivity (Wildman–Crippen MR) is 180 cm³/mol. The molecule has 1 N–H and O–H groups in total. The summed E-state index contributed by atoms with van der Waals surface area (Å²) in [7, 11) is -6.24. The van der Waals surface area contributed by atoms with Gasteiger partial charge in [0.05, 0.1) is 32.9 Å². The van der Waals surface area contributed by atoms with Crippen LogP contribution >= 0.6 is 11.6 Å². The summed E-state index contributed by atoms with van der Waals surface area (Å²) in [5.74, 6) is -2.26. The summed E-state index contributed by atoms with van der Waals surface area (Å²) in [5.41, 5.74) is -8.58. The van der Waals surface area contributed by atoms with Gasteiger partial charge in [-0.05, 0) is 48.1 Å². The average Bonchev–Trinajstić information content (AvgIpc) is 3.00. The Labute approximate surface area is 290 Å². The van der Waals surface area contributed by atoms with E-state index < -0.39 is 61.2 Å². The average molecular weight is 740 g/mol. The Balaban J connectivity index is 1.89.